The average molecular weight is 224 g/mol. The predicted molar refractivity (Wildman–Crippen MR) is 59.7 cm³/mol. The number of aryl methyl sites for hydroxylation is 1. The van der Waals surface area contributed by atoms with Crippen LogP contribution in [-0.2, 0) is 4.74 Å². The fraction of sp³-hybridized carbons (Fsp3) is 0.417. The van der Waals surface area contributed by atoms with Crippen LogP contribution >= 0.6 is 0 Å². The molecule has 0 spiro atoms. The van der Waals surface area contributed by atoms with Gasteiger partial charge in [-0.1, -0.05) is 11.6 Å². The molecule has 0 unspecified atom stereocenters. The molecule has 4 nitrogen and oxygen atoms in total. The maximum absolute atomic E-state index is 11.7. The molecule has 4 heteroatoms. The van der Waals surface area contributed by atoms with Crippen LogP contribution in [0.1, 0.15) is 22.3 Å². The molecule has 0 saturated carbocycles. The third-order valence-electron chi connectivity index (χ3n) is 2.11. The van der Waals surface area contributed by atoms with Crippen LogP contribution in [0.25, 0.3) is 0 Å². The normalized spacial score (nSPS) is 9.94. The molecule has 1 aromatic carbocycles. The van der Waals surface area contributed by atoms with Crippen LogP contribution in [-0.4, -0.2) is 31.4 Å². The summed E-state index contributed by atoms with van der Waals surface area (Å²) < 4.78 is 10.1. The van der Waals surface area contributed by atoms with E-state index in [0.717, 1.165) is 5.56 Å². The molecule has 0 radical (unpaired) electrons. The van der Waals surface area contributed by atoms with E-state index in [9.17, 15) is 4.79 Å². The molecule has 88 valence electrons. The van der Waals surface area contributed by atoms with Gasteiger partial charge in [0.2, 0.25) is 0 Å². The number of ether oxygens (including phenoxy) is 2. The number of aliphatic hydroxyl groups excluding tert-OH is 1. The molecular weight excluding hydrogens is 208 g/mol. The van der Waals surface area contributed by atoms with E-state index in [1.54, 1.807) is 12.1 Å². The molecule has 0 fully saturated rings. The van der Waals surface area contributed by atoms with E-state index in [1.807, 2.05) is 13.0 Å². The summed E-state index contributed by atoms with van der Waals surface area (Å²) >= 11 is 0. The van der Waals surface area contributed by atoms with Crippen LogP contribution in [0.4, 0.5) is 0 Å². The van der Waals surface area contributed by atoms with E-state index in [4.69, 9.17) is 14.6 Å². The number of methoxy groups -OCH3 is 1. The first kappa shape index (κ1) is 12.5. The van der Waals surface area contributed by atoms with E-state index in [1.165, 1.54) is 7.11 Å². The molecule has 0 aromatic heterocycles. The Bertz CT molecular complexity index is 360. The summed E-state index contributed by atoms with van der Waals surface area (Å²) in [6, 6.07) is 5.32. The minimum atomic E-state index is -0.422. The van der Waals surface area contributed by atoms with Crippen LogP contribution in [0.3, 0.4) is 0 Å². The number of carbonyl (C=O) groups is 1. The third kappa shape index (κ3) is 3.24. The molecule has 16 heavy (non-hydrogen) atoms. The van der Waals surface area contributed by atoms with Gasteiger partial charge in [-0.15, -0.1) is 0 Å². The van der Waals surface area contributed by atoms with E-state index < -0.39 is 5.97 Å². The van der Waals surface area contributed by atoms with Crippen LogP contribution in [0, 0.1) is 6.92 Å². The zero-order valence-electron chi connectivity index (χ0n) is 9.53. The third-order valence-corrected chi connectivity index (χ3v) is 2.11. The first-order chi connectivity index (χ1) is 7.69. The van der Waals surface area contributed by atoms with Gasteiger partial charge in [-0.25, -0.2) is 4.79 Å². The first-order valence-electron chi connectivity index (χ1n) is 5.11. The lowest BCUT2D eigenvalue weighted by Gasteiger charge is -2.09. The van der Waals surface area contributed by atoms with Gasteiger partial charge in [-0.3, -0.25) is 0 Å². The van der Waals surface area contributed by atoms with E-state index in [2.05, 4.69) is 0 Å². The van der Waals surface area contributed by atoms with Gasteiger partial charge in [-0.2, -0.15) is 0 Å². The van der Waals surface area contributed by atoms with Crippen molar-refractivity contribution < 1.29 is 19.4 Å². The molecule has 1 rings (SSSR count). The van der Waals surface area contributed by atoms with Crippen molar-refractivity contribution in [2.45, 2.75) is 13.3 Å². The Morgan fingerprint density at radius 1 is 1.44 bits per heavy atom. The van der Waals surface area contributed by atoms with Crippen molar-refractivity contribution in [1.29, 1.82) is 0 Å². The highest BCUT2D eigenvalue weighted by atomic mass is 16.5. The summed E-state index contributed by atoms with van der Waals surface area (Å²) in [7, 11) is 1.51. The lowest BCUT2D eigenvalue weighted by molar-refractivity contribution is 0.0478. The standard InChI is InChI=1S/C12H16O4/c1-9-4-5-11(15-2)10(8-9)12(14)16-7-3-6-13/h4-5,8,13H,3,6-7H2,1-2H3. The van der Waals surface area contributed by atoms with Crippen molar-refractivity contribution in [3.05, 3.63) is 29.3 Å². The number of esters is 1. The minimum Gasteiger partial charge on any atom is -0.496 e. The topological polar surface area (TPSA) is 55.8 Å². The number of rotatable bonds is 5. The Balaban J connectivity index is 2.76. The molecular formula is C12H16O4. The Kier molecular flexibility index (Phi) is 4.79. The van der Waals surface area contributed by atoms with Gasteiger partial charge in [0.1, 0.15) is 11.3 Å². The molecule has 0 atom stereocenters. The molecule has 0 aliphatic carbocycles. The quantitative estimate of drug-likeness (QED) is 0.609. The maximum atomic E-state index is 11.7. The smallest absolute Gasteiger partial charge is 0.341 e. The van der Waals surface area contributed by atoms with Crippen molar-refractivity contribution >= 4 is 5.97 Å². The van der Waals surface area contributed by atoms with Gasteiger partial charge < -0.3 is 14.6 Å². The monoisotopic (exact) mass is 224 g/mol. The van der Waals surface area contributed by atoms with Crippen LogP contribution in [0.15, 0.2) is 18.2 Å². The van der Waals surface area contributed by atoms with Gasteiger partial charge in [-0.05, 0) is 19.1 Å². The maximum Gasteiger partial charge on any atom is 0.341 e. The highest BCUT2D eigenvalue weighted by Crippen LogP contribution is 2.20. The zero-order valence-corrected chi connectivity index (χ0v) is 9.53. The summed E-state index contributed by atoms with van der Waals surface area (Å²) in [6.07, 6.45) is 0.444. The molecule has 0 bridgehead atoms. The van der Waals surface area contributed by atoms with Gasteiger partial charge >= 0.3 is 5.97 Å². The van der Waals surface area contributed by atoms with Crippen molar-refractivity contribution in [2.24, 2.45) is 0 Å². The van der Waals surface area contributed by atoms with Gasteiger partial charge in [0.05, 0.1) is 13.7 Å². The number of aliphatic hydroxyl groups is 1. The largest absolute Gasteiger partial charge is 0.496 e. The molecule has 1 N–H and O–H groups in total. The average Bonchev–Trinajstić information content (AvgIpc) is 2.29. The van der Waals surface area contributed by atoms with E-state index in [-0.39, 0.29) is 13.2 Å². The fourth-order valence-corrected chi connectivity index (χ4v) is 1.29. The second kappa shape index (κ2) is 6.12. The summed E-state index contributed by atoms with van der Waals surface area (Å²) in [6.45, 7) is 2.12. The lowest BCUT2D eigenvalue weighted by Crippen LogP contribution is -2.09. The summed E-state index contributed by atoms with van der Waals surface area (Å²) in [5.74, 6) is 0.0774. The Morgan fingerprint density at radius 3 is 2.81 bits per heavy atom. The number of carbonyl (C=O) groups excluding carboxylic acids is 1. The van der Waals surface area contributed by atoms with Gasteiger partial charge in [0.25, 0.3) is 0 Å². The minimum absolute atomic E-state index is 0.0121. The Hall–Kier alpha value is -1.55. The molecule has 0 saturated heterocycles. The molecule has 1 aromatic rings. The number of benzene rings is 1. The first-order valence-corrected chi connectivity index (χ1v) is 5.11. The van der Waals surface area contributed by atoms with Crippen LogP contribution in [0.5, 0.6) is 5.75 Å². The van der Waals surface area contributed by atoms with Crippen molar-refractivity contribution in [3.63, 3.8) is 0 Å². The van der Waals surface area contributed by atoms with Crippen molar-refractivity contribution in [2.75, 3.05) is 20.3 Å². The Morgan fingerprint density at radius 2 is 2.19 bits per heavy atom. The van der Waals surface area contributed by atoms with Crippen LogP contribution in [0.2, 0.25) is 0 Å². The SMILES string of the molecule is COc1ccc(C)cc1C(=O)OCCCO. The number of hydrogen-bond donors (Lipinski definition) is 1. The van der Waals surface area contributed by atoms with E-state index >= 15 is 0 Å². The van der Waals surface area contributed by atoms with Gasteiger partial charge in [0.15, 0.2) is 0 Å². The molecule has 0 heterocycles. The highest BCUT2D eigenvalue weighted by molar-refractivity contribution is 5.92. The van der Waals surface area contributed by atoms with Crippen LogP contribution < -0.4 is 4.74 Å². The lowest BCUT2D eigenvalue weighted by atomic mass is 10.1. The number of hydrogen-bond acceptors (Lipinski definition) is 4. The second-order valence-electron chi connectivity index (χ2n) is 3.42. The van der Waals surface area contributed by atoms with E-state index in [0.29, 0.717) is 17.7 Å². The zero-order chi connectivity index (χ0) is 12.0. The predicted octanol–water partition coefficient (Wildman–Crippen LogP) is 1.54. The Labute approximate surface area is 94.8 Å². The summed E-state index contributed by atoms with van der Waals surface area (Å²) in [4.78, 5) is 11.7. The summed E-state index contributed by atoms with van der Waals surface area (Å²) in [5.41, 5.74) is 1.38. The second-order valence-corrected chi connectivity index (χ2v) is 3.42. The summed E-state index contributed by atoms with van der Waals surface area (Å²) in [5, 5.41) is 8.58. The van der Waals surface area contributed by atoms with Crippen molar-refractivity contribution in [1.82, 2.24) is 0 Å². The fourth-order valence-electron chi connectivity index (χ4n) is 1.29. The molecule has 0 aliphatic heterocycles. The van der Waals surface area contributed by atoms with Gasteiger partial charge in [0, 0.05) is 13.0 Å². The molecule has 0 aliphatic rings. The highest BCUT2D eigenvalue weighted by Gasteiger charge is 2.13. The van der Waals surface area contributed by atoms with Crippen molar-refractivity contribution in [3.8, 4) is 5.75 Å². The molecule has 0 amide bonds.